The average Bonchev–Trinajstić information content (AvgIpc) is 3.01. The van der Waals surface area contributed by atoms with E-state index in [1.54, 1.807) is 6.26 Å². The fourth-order valence-corrected chi connectivity index (χ4v) is 3.13. The molecule has 2 unspecified atom stereocenters. The van der Waals surface area contributed by atoms with Crippen molar-refractivity contribution in [3.63, 3.8) is 0 Å². The van der Waals surface area contributed by atoms with Gasteiger partial charge in [0.15, 0.2) is 0 Å². The van der Waals surface area contributed by atoms with Gasteiger partial charge < -0.3 is 4.42 Å². The van der Waals surface area contributed by atoms with E-state index >= 15 is 0 Å². The molecule has 1 aliphatic rings. The maximum Gasteiger partial charge on any atom is 0.120 e. The van der Waals surface area contributed by atoms with Gasteiger partial charge in [0, 0.05) is 6.04 Å². The SMILES string of the molecule is CC(c1ccccc1)N1CCCCC1c1ccco1. The van der Waals surface area contributed by atoms with Crippen LogP contribution in [0.3, 0.4) is 0 Å². The van der Waals surface area contributed by atoms with Crippen LogP contribution < -0.4 is 0 Å². The third-order valence-electron chi connectivity index (χ3n) is 4.20. The molecular formula is C17H21NO. The number of furan rings is 1. The van der Waals surface area contributed by atoms with Crippen molar-refractivity contribution in [2.75, 3.05) is 6.54 Å². The third-order valence-corrected chi connectivity index (χ3v) is 4.20. The predicted molar refractivity (Wildman–Crippen MR) is 76.9 cm³/mol. The van der Waals surface area contributed by atoms with E-state index < -0.39 is 0 Å². The highest BCUT2D eigenvalue weighted by atomic mass is 16.3. The summed E-state index contributed by atoms with van der Waals surface area (Å²) in [6.45, 7) is 3.46. The number of hydrogen-bond donors (Lipinski definition) is 0. The minimum atomic E-state index is 0.430. The molecule has 2 nitrogen and oxygen atoms in total. The molecule has 2 heteroatoms. The van der Waals surface area contributed by atoms with E-state index in [-0.39, 0.29) is 0 Å². The maximum atomic E-state index is 5.65. The second kappa shape index (κ2) is 5.62. The molecule has 3 rings (SSSR count). The van der Waals surface area contributed by atoms with Gasteiger partial charge in [-0.2, -0.15) is 0 Å². The van der Waals surface area contributed by atoms with Gasteiger partial charge in [-0.1, -0.05) is 36.8 Å². The molecule has 0 amide bonds. The quantitative estimate of drug-likeness (QED) is 0.799. The Morgan fingerprint density at radius 2 is 1.95 bits per heavy atom. The molecule has 1 aliphatic heterocycles. The number of likely N-dealkylation sites (tertiary alicyclic amines) is 1. The average molecular weight is 255 g/mol. The molecule has 0 saturated carbocycles. The Morgan fingerprint density at radius 3 is 2.68 bits per heavy atom. The van der Waals surface area contributed by atoms with E-state index in [1.165, 1.54) is 24.8 Å². The van der Waals surface area contributed by atoms with Crippen LogP contribution >= 0.6 is 0 Å². The highest BCUT2D eigenvalue weighted by Crippen LogP contribution is 2.37. The fraction of sp³-hybridized carbons (Fsp3) is 0.412. The molecule has 1 aromatic heterocycles. The van der Waals surface area contributed by atoms with Crippen molar-refractivity contribution in [1.29, 1.82) is 0 Å². The molecule has 19 heavy (non-hydrogen) atoms. The third kappa shape index (κ3) is 2.59. The highest BCUT2D eigenvalue weighted by Gasteiger charge is 2.29. The van der Waals surface area contributed by atoms with Gasteiger partial charge in [-0.25, -0.2) is 0 Å². The first-order chi connectivity index (χ1) is 9.36. The van der Waals surface area contributed by atoms with Crippen molar-refractivity contribution < 1.29 is 4.42 Å². The van der Waals surface area contributed by atoms with Crippen molar-refractivity contribution in [2.24, 2.45) is 0 Å². The molecule has 100 valence electrons. The number of rotatable bonds is 3. The lowest BCUT2D eigenvalue weighted by atomic mass is 9.95. The second-order valence-electron chi connectivity index (χ2n) is 5.35. The van der Waals surface area contributed by atoms with E-state index in [2.05, 4.69) is 48.2 Å². The van der Waals surface area contributed by atoms with Crippen molar-refractivity contribution in [1.82, 2.24) is 4.90 Å². The smallest absolute Gasteiger partial charge is 0.120 e. The van der Waals surface area contributed by atoms with E-state index in [0.717, 1.165) is 12.3 Å². The van der Waals surface area contributed by atoms with Gasteiger partial charge in [-0.15, -0.1) is 0 Å². The van der Waals surface area contributed by atoms with Crippen LogP contribution in [0, 0.1) is 0 Å². The van der Waals surface area contributed by atoms with E-state index in [9.17, 15) is 0 Å². The zero-order chi connectivity index (χ0) is 13.1. The first-order valence-electron chi connectivity index (χ1n) is 7.20. The zero-order valence-corrected chi connectivity index (χ0v) is 11.5. The van der Waals surface area contributed by atoms with Crippen LogP contribution in [0.5, 0.6) is 0 Å². The molecule has 2 heterocycles. The van der Waals surface area contributed by atoms with Gasteiger partial charge in [-0.05, 0) is 44.0 Å². The van der Waals surface area contributed by atoms with Crippen molar-refractivity contribution in [3.8, 4) is 0 Å². The minimum absolute atomic E-state index is 0.430. The van der Waals surface area contributed by atoms with Crippen LogP contribution in [-0.4, -0.2) is 11.4 Å². The minimum Gasteiger partial charge on any atom is -0.468 e. The lowest BCUT2D eigenvalue weighted by Crippen LogP contribution is -2.35. The molecule has 1 fully saturated rings. The van der Waals surface area contributed by atoms with Crippen molar-refractivity contribution in [2.45, 2.75) is 38.3 Å². The first kappa shape index (κ1) is 12.5. The second-order valence-corrected chi connectivity index (χ2v) is 5.35. The summed E-state index contributed by atoms with van der Waals surface area (Å²) in [6, 6.07) is 15.7. The molecule has 0 radical (unpaired) electrons. The molecule has 0 aliphatic carbocycles. The number of benzene rings is 1. The molecule has 1 aromatic carbocycles. The summed E-state index contributed by atoms with van der Waals surface area (Å²) in [6.07, 6.45) is 5.57. The Kier molecular flexibility index (Phi) is 3.69. The normalized spacial score (nSPS) is 22.3. The van der Waals surface area contributed by atoms with E-state index in [0.29, 0.717) is 12.1 Å². The van der Waals surface area contributed by atoms with E-state index in [4.69, 9.17) is 4.42 Å². The summed E-state index contributed by atoms with van der Waals surface area (Å²) in [5, 5.41) is 0. The van der Waals surface area contributed by atoms with Crippen LogP contribution in [0.25, 0.3) is 0 Å². The fourth-order valence-electron chi connectivity index (χ4n) is 3.13. The van der Waals surface area contributed by atoms with Gasteiger partial charge in [-0.3, -0.25) is 4.90 Å². The molecule has 2 atom stereocenters. The Balaban J connectivity index is 1.84. The summed E-state index contributed by atoms with van der Waals surface area (Å²) in [5.41, 5.74) is 1.39. The Hall–Kier alpha value is -1.54. The zero-order valence-electron chi connectivity index (χ0n) is 11.5. The number of piperidine rings is 1. The van der Waals surface area contributed by atoms with Crippen LogP contribution in [0.15, 0.2) is 53.1 Å². The molecule has 2 aromatic rings. The Morgan fingerprint density at radius 1 is 1.11 bits per heavy atom. The topological polar surface area (TPSA) is 16.4 Å². The van der Waals surface area contributed by atoms with Gasteiger partial charge >= 0.3 is 0 Å². The van der Waals surface area contributed by atoms with Crippen molar-refractivity contribution in [3.05, 3.63) is 60.1 Å². The molecular weight excluding hydrogens is 234 g/mol. The number of nitrogens with zero attached hydrogens (tertiary/aromatic N) is 1. The Bertz CT molecular complexity index is 491. The van der Waals surface area contributed by atoms with Gasteiger partial charge in [0.25, 0.3) is 0 Å². The van der Waals surface area contributed by atoms with Crippen molar-refractivity contribution >= 4 is 0 Å². The van der Waals surface area contributed by atoms with Crippen LogP contribution in [0.1, 0.15) is 49.6 Å². The lowest BCUT2D eigenvalue weighted by Gasteiger charge is -2.39. The summed E-state index contributed by atoms with van der Waals surface area (Å²) < 4.78 is 5.65. The summed E-state index contributed by atoms with van der Waals surface area (Å²) >= 11 is 0. The van der Waals surface area contributed by atoms with Gasteiger partial charge in [0.05, 0.1) is 12.3 Å². The highest BCUT2D eigenvalue weighted by molar-refractivity contribution is 5.19. The maximum absolute atomic E-state index is 5.65. The first-order valence-corrected chi connectivity index (χ1v) is 7.20. The monoisotopic (exact) mass is 255 g/mol. The van der Waals surface area contributed by atoms with Crippen LogP contribution in [0.2, 0.25) is 0 Å². The van der Waals surface area contributed by atoms with Crippen LogP contribution in [0.4, 0.5) is 0 Å². The number of hydrogen-bond acceptors (Lipinski definition) is 2. The lowest BCUT2D eigenvalue weighted by molar-refractivity contribution is 0.0880. The van der Waals surface area contributed by atoms with Gasteiger partial charge in [0.2, 0.25) is 0 Å². The van der Waals surface area contributed by atoms with Crippen LogP contribution in [-0.2, 0) is 0 Å². The summed E-state index contributed by atoms with van der Waals surface area (Å²) in [4.78, 5) is 2.58. The van der Waals surface area contributed by atoms with E-state index in [1.807, 2.05) is 6.07 Å². The largest absolute Gasteiger partial charge is 0.468 e. The Labute approximate surface area is 115 Å². The molecule has 0 bridgehead atoms. The summed E-state index contributed by atoms with van der Waals surface area (Å²) in [5.74, 6) is 1.11. The predicted octanol–water partition coefficient (Wildman–Crippen LogP) is 4.57. The van der Waals surface area contributed by atoms with Gasteiger partial charge in [0.1, 0.15) is 5.76 Å². The molecule has 0 spiro atoms. The molecule has 1 saturated heterocycles. The molecule has 0 N–H and O–H groups in total. The summed E-state index contributed by atoms with van der Waals surface area (Å²) in [7, 11) is 0. The standard InChI is InChI=1S/C17H21NO/c1-14(15-8-3-2-4-9-15)18-12-6-5-10-16(18)17-11-7-13-19-17/h2-4,7-9,11,13-14,16H,5-6,10,12H2,1H3.